The Morgan fingerprint density at radius 2 is 2.10 bits per heavy atom. The molecule has 2 atom stereocenters. The van der Waals surface area contributed by atoms with Crippen molar-refractivity contribution in [3.63, 3.8) is 0 Å². The molecule has 0 aliphatic heterocycles. The van der Waals surface area contributed by atoms with Gasteiger partial charge in [0.15, 0.2) is 0 Å². The Morgan fingerprint density at radius 3 is 2.52 bits per heavy atom. The van der Waals surface area contributed by atoms with Crippen molar-refractivity contribution < 1.29 is 25.8 Å². The molecule has 0 saturated heterocycles. The number of halogens is 3. The number of hydrogen-bond acceptors (Lipinski definition) is 3. The maximum Gasteiger partial charge on any atom is 0.534 e. The molecule has 1 aliphatic rings. The van der Waals surface area contributed by atoms with E-state index in [-0.39, 0.29) is 17.6 Å². The first-order valence-corrected chi connectivity index (χ1v) is 8.17. The fourth-order valence-corrected chi connectivity index (χ4v) is 3.08. The Morgan fingerprint density at radius 1 is 1.52 bits per heavy atom. The van der Waals surface area contributed by atoms with Crippen molar-refractivity contribution >= 4 is 10.1 Å². The summed E-state index contributed by atoms with van der Waals surface area (Å²) in [6.45, 7) is 9.14. The van der Waals surface area contributed by atoms with E-state index >= 15 is 0 Å². The van der Waals surface area contributed by atoms with Gasteiger partial charge in [-0.1, -0.05) is 26.8 Å². The molecule has 0 amide bonds. The van der Waals surface area contributed by atoms with Gasteiger partial charge in [0.05, 0.1) is 0 Å². The smallest absolute Gasteiger partial charge is 0.381 e. The molecular weight excluding hydrogens is 305 g/mol. The van der Waals surface area contributed by atoms with Crippen LogP contribution in [0, 0.1) is 17.3 Å². The fourth-order valence-electron chi connectivity index (χ4n) is 2.56. The maximum absolute atomic E-state index is 12.5. The van der Waals surface area contributed by atoms with Crippen molar-refractivity contribution in [1.82, 2.24) is 0 Å². The van der Waals surface area contributed by atoms with Gasteiger partial charge in [-0.15, -0.1) is 6.58 Å². The molecule has 3 nitrogen and oxygen atoms in total. The summed E-state index contributed by atoms with van der Waals surface area (Å²) in [6.07, 6.45) is 5.08. The SMILES string of the molecule is C=CC[C@@]1(C)C=C(OS(=O)(=O)C(F)(F)F)[C@H](C(C)C)CC1. The Bertz CT molecular complexity index is 520. The second-order valence-corrected chi connectivity index (χ2v) is 7.60. The maximum atomic E-state index is 12.5. The largest absolute Gasteiger partial charge is 0.534 e. The van der Waals surface area contributed by atoms with Crippen LogP contribution in [0.5, 0.6) is 0 Å². The molecule has 0 aromatic heterocycles. The van der Waals surface area contributed by atoms with Crippen LogP contribution in [0.2, 0.25) is 0 Å². The summed E-state index contributed by atoms with van der Waals surface area (Å²) >= 11 is 0. The van der Waals surface area contributed by atoms with E-state index in [9.17, 15) is 21.6 Å². The molecule has 0 unspecified atom stereocenters. The first kappa shape index (κ1) is 18.1. The molecule has 1 aliphatic carbocycles. The van der Waals surface area contributed by atoms with E-state index in [1.54, 1.807) is 6.08 Å². The summed E-state index contributed by atoms with van der Waals surface area (Å²) in [6, 6.07) is 0. The van der Waals surface area contributed by atoms with Gasteiger partial charge in [-0.05, 0) is 36.7 Å². The quantitative estimate of drug-likeness (QED) is 0.428. The van der Waals surface area contributed by atoms with E-state index in [1.807, 2.05) is 20.8 Å². The monoisotopic (exact) mass is 326 g/mol. The molecule has 0 aromatic rings. The van der Waals surface area contributed by atoms with Crippen LogP contribution >= 0.6 is 0 Å². The number of rotatable bonds is 5. The minimum atomic E-state index is -5.62. The molecule has 1 rings (SSSR count). The van der Waals surface area contributed by atoms with Crippen LogP contribution in [-0.2, 0) is 14.3 Å². The lowest BCUT2D eigenvalue weighted by Gasteiger charge is -2.36. The van der Waals surface area contributed by atoms with Gasteiger partial charge >= 0.3 is 15.6 Å². The van der Waals surface area contributed by atoms with E-state index in [0.29, 0.717) is 12.8 Å². The molecule has 0 N–H and O–H groups in total. The summed E-state index contributed by atoms with van der Waals surface area (Å²) in [7, 11) is -5.62. The van der Waals surface area contributed by atoms with E-state index < -0.39 is 21.0 Å². The summed E-state index contributed by atoms with van der Waals surface area (Å²) < 4.78 is 64.4. The summed E-state index contributed by atoms with van der Waals surface area (Å²) in [4.78, 5) is 0. The summed E-state index contributed by atoms with van der Waals surface area (Å²) in [5, 5.41) is 0. The van der Waals surface area contributed by atoms with E-state index in [4.69, 9.17) is 0 Å². The summed E-state index contributed by atoms with van der Waals surface area (Å²) in [5.41, 5.74) is -5.84. The first-order chi connectivity index (χ1) is 9.42. The molecular formula is C14H21F3O3S. The molecule has 0 fully saturated rings. The van der Waals surface area contributed by atoms with Crippen molar-refractivity contribution in [1.29, 1.82) is 0 Å². The van der Waals surface area contributed by atoms with Crippen molar-refractivity contribution in [3.8, 4) is 0 Å². The fraction of sp³-hybridized carbons (Fsp3) is 0.714. The second kappa shape index (κ2) is 6.02. The lowest BCUT2D eigenvalue weighted by molar-refractivity contribution is -0.0532. The third kappa shape index (κ3) is 4.25. The number of hydrogen-bond donors (Lipinski definition) is 0. The first-order valence-electron chi connectivity index (χ1n) is 6.76. The third-order valence-corrected chi connectivity index (χ3v) is 4.77. The van der Waals surface area contributed by atoms with Crippen LogP contribution in [0.1, 0.15) is 40.0 Å². The molecule has 0 aromatic carbocycles. The van der Waals surface area contributed by atoms with Gasteiger partial charge in [0.1, 0.15) is 5.76 Å². The van der Waals surface area contributed by atoms with Gasteiger partial charge in [0, 0.05) is 5.92 Å². The zero-order valence-corrected chi connectivity index (χ0v) is 13.2. The average Bonchev–Trinajstić information content (AvgIpc) is 2.26. The van der Waals surface area contributed by atoms with Crippen LogP contribution in [-0.4, -0.2) is 13.9 Å². The topological polar surface area (TPSA) is 43.4 Å². The predicted molar refractivity (Wildman–Crippen MR) is 74.6 cm³/mol. The minimum absolute atomic E-state index is 0.00651. The highest BCUT2D eigenvalue weighted by molar-refractivity contribution is 7.87. The molecule has 0 bridgehead atoms. The van der Waals surface area contributed by atoms with Gasteiger partial charge in [0.2, 0.25) is 0 Å². The lowest BCUT2D eigenvalue weighted by atomic mass is 9.72. The van der Waals surface area contributed by atoms with Gasteiger partial charge in [-0.2, -0.15) is 21.6 Å². The Hall–Kier alpha value is -0.980. The molecule has 21 heavy (non-hydrogen) atoms. The second-order valence-electron chi connectivity index (χ2n) is 6.07. The van der Waals surface area contributed by atoms with Crippen LogP contribution in [0.4, 0.5) is 13.2 Å². The number of alkyl halides is 3. The highest BCUT2D eigenvalue weighted by atomic mass is 32.2. The van der Waals surface area contributed by atoms with Crippen molar-refractivity contribution in [2.75, 3.05) is 0 Å². The average molecular weight is 326 g/mol. The normalized spacial score (nSPS) is 27.4. The zero-order chi connectivity index (χ0) is 16.5. The minimum Gasteiger partial charge on any atom is -0.381 e. The molecule has 7 heteroatoms. The molecule has 0 spiro atoms. The van der Waals surface area contributed by atoms with Crippen LogP contribution in [0.25, 0.3) is 0 Å². The molecule has 122 valence electrons. The number of allylic oxidation sites excluding steroid dienone is 3. The predicted octanol–water partition coefficient (Wildman–Crippen LogP) is 4.38. The Balaban J connectivity index is 3.17. The van der Waals surface area contributed by atoms with Crippen molar-refractivity contribution in [3.05, 3.63) is 24.5 Å². The lowest BCUT2D eigenvalue weighted by Crippen LogP contribution is -2.31. The van der Waals surface area contributed by atoms with Gasteiger partial charge < -0.3 is 4.18 Å². The van der Waals surface area contributed by atoms with Gasteiger partial charge in [-0.25, -0.2) is 0 Å². The van der Waals surface area contributed by atoms with Crippen molar-refractivity contribution in [2.24, 2.45) is 17.3 Å². The van der Waals surface area contributed by atoms with Crippen LogP contribution in [0.15, 0.2) is 24.5 Å². The van der Waals surface area contributed by atoms with Crippen LogP contribution in [0.3, 0.4) is 0 Å². The van der Waals surface area contributed by atoms with Gasteiger partial charge in [0.25, 0.3) is 0 Å². The van der Waals surface area contributed by atoms with E-state index in [0.717, 1.165) is 6.42 Å². The standard InChI is InChI=1S/C14H21F3O3S/c1-5-7-13(4)8-6-11(10(2)3)12(9-13)20-21(18,19)14(15,16)17/h5,9-11H,1,6-8H2,2-4H3/t11-,13+/m0/s1. The van der Waals surface area contributed by atoms with Crippen molar-refractivity contribution in [2.45, 2.75) is 45.5 Å². The van der Waals surface area contributed by atoms with E-state index in [1.165, 1.54) is 6.08 Å². The molecule has 0 radical (unpaired) electrons. The Kier molecular flexibility index (Phi) is 5.18. The molecule has 0 heterocycles. The summed E-state index contributed by atoms with van der Waals surface area (Å²) in [5.74, 6) is -0.439. The van der Waals surface area contributed by atoms with Crippen LogP contribution < -0.4 is 0 Å². The molecule has 0 saturated carbocycles. The van der Waals surface area contributed by atoms with Gasteiger partial charge in [-0.3, -0.25) is 0 Å². The zero-order valence-electron chi connectivity index (χ0n) is 12.4. The highest BCUT2D eigenvalue weighted by Crippen LogP contribution is 2.44. The van der Waals surface area contributed by atoms with E-state index in [2.05, 4.69) is 10.8 Å². The highest BCUT2D eigenvalue weighted by Gasteiger charge is 2.50. The third-order valence-electron chi connectivity index (χ3n) is 3.79. The Labute approximate surface area is 124 Å².